The second kappa shape index (κ2) is 7.01. The predicted octanol–water partition coefficient (Wildman–Crippen LogP) is 3.17. The van der Waals surface area contributed by atoms with Crippen molar-refractivity contribution in [1.29, 1.82) is 0 Å². The van der Waals surface area contributed by atoms with E-state index in [1.807, 2.05) is 13.8 Å². The largest absolute Gasteiger partial charge is 0.478 e. The first-order valence-electron chi connectivity index (χ1n) is 6.46. The van der Waals surface area contributed by atoms with Gasteiger partial charge in [-0.15, -0.1) is 0 Å². The van der Waals surface area contributed by atoms with Crippen molar-refractivity contribution in [3.8, 4) is 0 Å². The Balaban J connectivity index is 2.85. The molecule has 21 heavy (non-hydrogen) atoms. The monoisotopic (exact) mass is 300 g/mol. The Labute approximate surface area is 121 Å². The van der Waals surface area contributed by atoms with E-state index in [9.17, 15) is 18.4 Å². The number of amides is 2. The summed E-state index contributed by atoms with van der Waals surface area (Å²) in [7, 11) is 1.54. The lowest BCUT2D eigenvalue weighted by Gasteiger charge is -2.19. The Bertz CT molecular complexity index is 547. The Kier molecular flexibility index (Phi) is 5.63. The van der Waals surface area contributed by atoms with Crippen LogP contribution in [0.5, 0.6) is 0 Å². The number of benzene rings is 1. The van der Waals surface area contributed by atoms with Gasteiger partial charge in [-0.25, -0.2) is 18.4 Å². The molecule has 0 atom stereocenters. The van der Waals surface area contributed by atoms with Gasteiger partial charge in [-0.3, -0.25) is 0 Å². The Morgan fingerprint density at radius 3 is 2.43 bits per heavy atom. The number of nitrogens with one attached hydrogen (secondary N) is 1. The van der Waals surface area contributed by atoms with Crippen LogP contribution >= 0.6 is 0 Å². The Morgan fingerprint density at radius 1 is 1.29 bits per heavy atom. The molecule has 0 aliphatic rings. The minimum absolute atomic E-state index is 0.366. The summed E-state index contributed by atoms with van der Waals surface area (Å²) >= 11 is 0. The summed E-state index contributed by atoms with van der Waals surface area (Å²) in [5.41, 5.74) is -1.06. The van der Waals surface area contributed by atoms with Crippen LogP contribution in [0.25, 0.3) is 0 Å². The fourth-order valence-electron chi connectivity index (χ4n) is 1.57. The van der Waals surface area contributed by atoms with Gasteiger partial charge in [-0.05, 0) is 18.4 Å². The van der Waals surface area contributed by atoms with Crippen LogP contribution in [0.15, 0.2) is 12.1 Å². The van der Waals surface area contributed by atoms with Crippen molar-refractivity contribution in [1.82, 2.24) is 4.90 Å². The average molecular weight is 300 g/mol. The summed E-state index contributed by atoms with van der Waals surface area (Å²) in [4.78, 5) is 24.0. The SMILES string of the molecule is CC(C)CCN(C)C(=O)Nc1cc(C(=O)O)c(F)cc1F. The molecule has 0 radical (unpaired) electrons. The summed E-state index contributed by atoms with van der Waals surface area (Å²) in [5.74, 6) is -3.34. The highest BCUT2D eigenvalue weighted by Gasteiger charge is 2.18. The van der Waals surface area contributed by atoms with E-state index >= 15 is 0 Å². The molecule has 0 bridgehead atoms. The zero-order valence-corrected chi connectivity index (χ0v) is 12.1. The smallest absolute Gasteiger partial charge is 0.338 e. The Morgan fingerprint density at radius 2 is 1.90 bits per heavy atom. The van der Waals surface area contributed by atoms with E-state index in [1.54, 1.807) is 0 Å². The van der Waals surface area contributed by atoms with Crippen LogP contribution in [0, 0.1) is 17.6 Å². The third-order valence-corrected chi connectivity index (χ3v) is 2.92. The summed E-state index contributed by atoms with van der Waals surface area (Å²) in [6.07, 6.45) is 0.774. The lowest BCUT2D eigenvalue weighted by Crippen LogP contribution is -2.33. The van der Waals surface area contributed by atoms with Crippen molar-refractivity contribution < 1.29 is 23.5 Å². The molecule has 0 unspecified atom stereocenters. The molecule has 116 valence electrons. The van der Waals surface area contributed by atoms with E-state index in [4.69, 9.17) is 5.11 Å². The van der Waals surface area contributed by atoms with Gasteiger partial charge in [0, 0.05) is 19.7 Å². The van der Waals surface area contributed by atoms with Crippen molar-refractivity contribution in [2.45, 2.75) is 20.3 Å². The van der Waals surface area contributed by atoms with Crippen LogP contribution in [0.3, 0.4) is 0 Å². The number of nitrogens with zero attached hydrogens (tertiary/aromatic N) is 1. The van der Waals surface area contributed by atoms with Gasteiger partial charge >= 0.3 is 12.0 Å². The number of rotatable bonds is 5. The number of carboxylic acid groups (broad SMARTS) is 1. The number of anilines is 1. The number of urea groups is 1. The topological polar surface area (TPSA) is 69.6 Å². The molecule has 2 amide bonds. The number of hydrogen-bond donors (Lipinski definition) is 2. The Hall–Kier alpha value is -2.18. The second-order valence-corrected chi connectivity index (χ2v) is 5.15. The van der Waals surface area contributed by atoms with Gasteiger partial charge in [0.25, 0.3) is 0 Å². The molecule has 0 saturated carbocycles. The molecule has 5 nitrogen and oxygen atoms in total. The lowest BCUT2D eigenvalue weighted by atomic mass is 10.1. The van der Waals surface area contributed by atoms with E-state index < -0.39 is 29.2 Å². The van der Waals surface area contributed by atoms with Crippen molar-refractivity contribution >= 4 is 17.7 Å². The van der Waals surface area contributed by atoms with Gasteiger partial charge < -0.3 is 15.3 Å². The van der Waals surface area contributed by atoms with Gasteiger partial charge in [0.2, 0.25) is 0 Å². The molecule has 1 rings (SSSR count). The maximum absolute atomic E-state index is 13.6. The van der Waals surface area contributed by atoms with E-state index in [-0.39, 0.29) is 5.69 Å². The minimum Gasteiger partial charge on any atom is -0.478 e. The van der Waals surface area contributed by atoms with Crippen molar-refractivity contribution in [2.75, 3.05) is 18.9 Å². The zero-order valence-electron chi connectivity index (χ0n) is 12.1. The maximum Gasteiger partial charge on any atom is 0.338 e. The summed E-state index contributed by atoms with van der Waals surface area (Å²) < 4.78 is 26.8. The van der Waals surface area contributed by atoms with Gasteiger partial charge in [0.1, 0.15) is 11.6 Å². The number of aromatic carboxylic acids is 1. The molecular weight excluding hydrogens is 282 g/mol. The lowest BCUT2D eigenvalue weighted by molar-refractivity contribution is 0.0691. The third kappa shape index (κ3) is 4.70. The molecule has 0 saturated heterocycles. The average Bonchev–Trinajstić information content (AvgIpc) is 2.38. The molecule has 0 fully saturated rings. The fraction of sp³-hybridized carbons (Fsp3) is 0.429. The molecule has 0 spiro atoms. The molecule has 1 aromatic carbocycles. The number of carbonyl (C=O) groups is 2. The van der Waals surface area contributed by atoms with Crippen LogP contribution in [0.1, 0.15) is 30.6 Å². The molecule has 7 heteroatoms. The van der Waals surface area contributed by atoms with Crippen molar-refractivity contribution in [2.24, 2.45) is 5.92 Å². The molecule has 1 aromatic rings. The quantitative estimate of drug-likeness (QED) is 0.877. The first-order chi connectivity index (χ1) is 9.72. The summed E-state index contributed by atoms with van der Waals surface area (Å²) in [6.45, 7) is 4.48. The van der Waals surface area contributed by atoms with Gasteiger partial charge in [-0.1, -0.05) is 13.8 Å². The standard InChI is InChI=1S/C14H18F2N2O3/c1-8(2)4-5-18(3)14(21)17-12-6-9(13(19)20)10(15)7-11(12)16/h6-8H,4-5H2,1-3H3,(H,17,21)(H,19,20). The first kappa shape index (κ1) is 16.9. The van der Waals surface area contributed by atoms with Crippen molar-refractivity contribution in [3.05, 3.63) is 29.3 Å². The van der Waals surface area contributed by atoms with Gasteiger partial charge in [0.15, 0.2) is 0 Å². The normalized spacial score (nSPS) is 10.6. The molecule has 0 heterocycles. The minimum atomic E-state index is -1.53. The number of carbonyl (C=O) groups excluding carboxylic acids is 1. The van der Waals surface area contributed by atoms with E-state index in [0.29, 0.717) is 18.5 Å². The van der Waals surface area contributed by atoms with Gasteiger partial charge in [0.05, 0.1) is 11.3 Å². The number of carboxylic acids is 1. The van der Waals surface area contributed by atoms with E-state index in [2.05, 4.69) is 5.32 Å². The maximum atomic E-state index is 13.6. The zero-order chi connectivity index (χ0) is 16.2. The molecule has 0 aliphatic carbocycles. The second-order valence-electron chi connectivity index (χ2n) is 5.15. The van der Waals surface area contributed by atoms with Crippen molar-refractivity contribution in [3.63, 3.8) is 0 Å². The van der Waals surface area contributed by atoms with Crippen LogP contribution in [-0.2, 0) is 0 Å². The molecular formula is C14H18F2N2O3. The molecule has 0 aliphatic heterocycles. The fourth-order valence-corrected chi connectivity index (χ4v) is 1.57. The van der Waals surface area contributed by atoms with E-state index in [0.717, 1.165) is 12.5 Å². The summed E-state index contributed by atoms with van der Waals surface area (Å²) in [6, 6.07) is 0.617. The highest BCUT2D eigenvalue weighted by Crippen LogP contribution is 2.20. The van der Waals surface area contributed by atoms with E-state index in [1.165, 1.54) is 11.9 Å². The van der Waals surface area contributed by atoms with Gasteiger partial charge in [-0.2, -0.15) is 0 Å². The highest BCUT2D eigenvalue weighted by molar-refractivity contribution is 5.93. The van der Waals surface area contributed by atoms with Crippen LogP contribution in [0.4, 0.5) is 19.3 Å². The molecule has 0 aromatic heterocycles. The highest BCUT2D eigenvalue weighted by atomic mass is 19.1. The number of hydrogen-bond acceptors (Lipinski definition) is 2. The van der Waals surface area contributed by atoms with Crippen LogP contribution in [0.2, 0.25) is 0 Å². The van der Waals surface area contributed by atoms with Crippen LogP contribution in [-0.4, -0.2) is 35.6 Å². The number of halogens is 2. The third-order valence-electron chi connectivity index (χ3n) is 2.92. The summed E-state index contributed by atoms with van der Waals surface area (Å²) in [5, 5.41) is 11.0. The van der Waals surface area contributed by atoms with Crippen LogP contribution < -0.4 is 5.32 Å². The predicted molar refractivity (Wildman–Crippen MR) is 74.4 cm³/mol. The first-order valence-corrected chi connectivity index (χ1v) is 6.46. The molecule has 2 N–H and O–H groups in total.